The fourth-order valence-corrected chi connectivity index (χ4v) is 4.40. The summed E-state index contributed by atoms with van der Waals surface area (Å²) in [5, 5.41) is 3.56. The van der Waals surface area contributed by atoms with E-state index in [2.05, 4.69) is 10.3 Å². The third-order valence-electron chi connectivity index (χ3n) is 4.59. The van der Waals surface area contributed by atoms with Crippen LogP contribution in [0.25, 0.3) is 0 Å². The fraction of sp³-hybridized carbons (Fsp3) is 0.421. The molecule has 7 nitrogen and oxygen atoms in total. The number of hydrogen-bond acceptors (Lipinski definition) is 6. The molecule has 1 aliphatic rings. The minimum absolute atomic E-state index is 0.0334. The maximum Gasteiger partial charge on any atom is 0.257 e. The van der Waals surface area contributed by atoms with Crippen molar-refractivity contribution in [3.05, 3.63) is 39.8 Å². The number of aromatic nitrogens is 2. The minimum atomic E-state index is -0.198. The molecule has 3 rings (SSSR count). The van der Waals surface area contributed by atoms with Crippen LogP contribution < -0.4 is 20.3 Å². The molecule has 1 N–H and O–H groups in total. The zero-order valence-electron chi connectivity index (χ0n) is 15.9. The highest BCUT2D eigenvalue weighted by atomic mass is 32.2. The van der Waals surface area contributed by atoms with Crippen molar-refractivity contribution in [3.8, 4) is 11.5 Å². The third kappa shape index (κ3) is 3.80. The lowest BCUT2D eigenvalue weighted by atomic mass is 10.1. The number of anilines is 1. The largest absolute Gasteiger partial charge is 0.493 e. The molecule has 1 aliphatic heterocycles. The number of rotatable bonds is 6. The van der Waals surface area contributed by atoms with Crippen LogP contribution in [0.2, 0.25) is 0 Å². The average molecular weight is 389 g/mol. The van der Waals surface area contributed by atoms with Crippen LogP contribution in [0.15, 0.2) is 28.2 Å². The number of thioether (sulfide) groups is 1. The van der Waals surface area contributed by atoms with Gasteiger partial charge in [0.1, 0.15) is 0 Å². The Morgan fingerprint density at radius 1 is 1.33 bits per heavy atom. The summed E-state index contributed by atoms with van der Waals surface area (Å²) in [7, 11) is 3.10. The van der Waals surface area contributed by atoms with E-state index in [1.54, 1.807) is 37.0 Å². The van der Waals surface area contributed by atoms with E-state index in [0.29, 0.717) is 40.1 Å². The molecule has 0 bridgehead atoms. The van der Waals surface area contributed by atoms with Crippen molar-refractivity contribution in [1.29, 1.82) is 0 Å². The van der Waals surface area contributed by atoms with Gasteiger partial charge in [0.15, 0.2) is 16.7 Å². The Kier molecular flexibility index (Phi) is 5.74. The second-order valence-corrected chi connectivity index (χ2v) is 7.26. The number of methoxy groups -OCH3 is 2. The Bertz CT molecular complexity index is 926. The number of carbonyl (C=O) groups excluding carboxylic acids is 1. The predicted molar refractivity (Wildman–Crippen MR) is 105 cm³/mol. The van der Waals surface area contributed by atoms with Crippen LogP contribution in [0.4, 0.5) is 5.69 Å². The van der Waals surface area contributed by atoms with Crippen LogP contribution in [-0.2, 0) is 11.2 Å². The number of fused-ring (bicyclic) bond motifs is 1. The monoisotopic (exact) mass is 389 g/mol. The summed E-state index contributed by atoms with van der Waals surface area (Å²) in [5.74, 6) is 1.64. The SMILES string of the molecule is CCc1c(C)nc2n(c1=O)C(CC(=O)Nc1ccc(OC)c(OC)c1)CS2. The molecule has 2 aromatic rings. The molecule has 0 radical (unpaired) electrons. The van der Waals surface area contributed by atoms with Gasteiger partial charge in [0.05, 0.1) is 20.3 Å². The van der Waals surface area contributed by atoms with Gasteiger partial charge in [-0.25, -0.2) is 4.98 Å². The van der Waals surface area contributed by atoms with Crippen LogP contribution in [0.3, 0.4) is 0 Å². The minimum Gasteiger partial charge on any atom is -0.493 e. The van der Waals surface area contributed by atoms with Crippen LogP contribution in [-0.4, -0.2) is 35.4 Å². The third-order valence-corrected chi connectivity index (χ3v) is 5.69. The molecule has 27 heavy (non-hydrogen) atoms. The van der Waals surface area contributed by atoms with E-state index in [-0.39, 0.29) is 23.9 Å². The molecule has 1 unspecified atom stereocenters. The molecule has 0 saturated heterocycles. The van der Waals surface area contributed by atoms with E-state index in [0.717, 1.165) is 5.69 Å². The molecular formula is C19H23N3O4S. The Balaban J connectivity index is 1.77. The number of hydrogen-bond donors (Lipinski definition) is 1. The first kappa shape index (κ1) is 19.3. The molecule has 1 aromatic carbocycles. The van der Waals surface area contributed by atoms with Gasteiger partial charge in [-0.1, -0.05) is 18.7 Å². The smallest absolute Gasteiger partial charge is 0.257 e. The van der Waals surface area contributed by atoms with Gasteiger partial charge >= 0.3 is 0 Å². The lowest BCUT2D eigenvalue weighted by Gasteiger charge is -2.15. The number of carbonyl (C=O) groups is 1. The van der Waals surface area contributed by atoms with Gasteiger partial charge in [0.25, 0.3) is 5.56 Å². The topological polar surface area (TPSA) is 82.5 Å². The molecule has 0 spiro atoms. The summed E-state index contributed by atoms with van der Waals surface area (Å²) in [6.45, 7) is 3.80. The summed E-state index contributed by atoms with van der Waals surface area (Å²) in [6.07, 6.45) is 0.843. The highest BCUT2D eigenvalue weighted by Crippen LogP contribution is 2.33. The molecule has 2 heterocycles. The fourth-order valence-electron chi connectivity index (χ4n) is 3.22. The van der Waals surface area contributed by atoms with Crippen molar-refractivity contribution in [2.75, 3.05) is 25.3 Å². The molecule has 1 amide bonds. The standard InChI is InChI=1S/C19H23N3O4S/c1-5-14-11(2)20-19-22(18(14)24)13(10-27-19)9-17(23)21-12-6-7-15(25-3)16(8-12)26-4/h6-8,13H,5,9-10H2,1-4H3,(H,21,23). The van der Waals surface area contributed by atoms with Gasteiger partial charge in [0, 0.05) is 35.2 Å². The Morgan fingerprint density at radius 2 is 2.07 bits per heavy atom. The molecule has 0 fully saturated rings. The van der Waals surface area contributed by atoms with E-state index in [1.165, 1.54) is 11.8 Å². The van der Waals surface area contributed by atoms with Crippen molar-refractivity contribution >= 4 is 23.4 Å². The summed E-state index contributed by atoms with van der Waals surface area (Å²) >= 11 is 1.52. The van der Waals surface area contributed by atoms with E-state index in [1.807, 2.05) is 13.8 Å². The molecular weight excluding hydrogens is 366 g/mol. The van der Waals surface area contributed by atoms with E-state index in [4.69, 9.17) is 9.47 Å². The van der Waals surface area contributed by atoms with Crippen molar-refractivity contribution in [2.45, 2.75) is 37.9 Å². The average Bonchev–Trinajstić information content (AvgIpc) is 3.04. The quantitative estimate of drug-likeness (QED) is 0.765. The maximum absolute atomic E-state index is 12.8. The van der Waals surface area contributed by atoms with Crippen molar-refractivity contribution in [3.63, 3.8) is 0 Å². The van der Waals surface area contributed by atoms with Crippen molar-refractivity contribution < 1.29 is 14.3 Å². The zero-order chi connectivity index (χ0) is 19.6. The van der Waals surface area contributed by atoms with Crippen LogP contribution >= 0.6 is 11.8 Å². The molecule has 0 saturated carbocycles. The van der Waals surface area contributed by atoms with Crippen molar-refractivity contribution in [1.82, 2.24) is 9.55 Å². The van der Waals surface area contributed by atoms with E-state index >= 15 is 0 Å². The number of ether oxygens (including phenoxy) is 2. The number of nitrogens with zero attached hydrogens (tertiary/aromatic N) is 2. The first-order valence-electron chi connectivity index (χ1n) is 8.75. The van der Waals surface area contributed by atoms with Gasteiger partial charge in [-0.2, -0.15) is 0 Å². The zero-order valence-corrected chi connectivity index (χ0v) is 16.7. The highest BCUT2D eigenvalue weighted by molar-refractivity contribution is 7.99. The molecule has 144 valence electrons. The Morgan fingerprint density at radius 3 is 2.74 bits per heavy atom. The Hall–Kier alpha value is -2.48. The highest BCUT2D eigenvalue weighted by Gasteiger charge is 2.29. The lowest BCUT2D eigenvalue weighted by Crippen LogP contribution is -2.30. The maximum atomic E-state index is 12.8. The van der Waals surface area contributed by atoms with Crippen LogP contribution in [0.5, 0.6) is 11.5 Å². The number of aryl methyl sites for hydroxylation is 1. The number of benzene rings is 1. The van der Waals surface area contributed by atoms with Gasteiger partial charge in [-0.3, -0.25) is 14.2 Å². The normalized spacial score (nSPS) is 15.3. The summed E-state index contributed by atoms with van der Waals surface area (Å²) in [6, 6.07) is 5.00. The number of amides is 1. The molecule has 1 atom stereocenters. The first-order valence-corrected chi connectivity index (χ1v) is 9.73. The van der Waals surface area contributed by atoms with Gasteiger partial charge in [-0.05, 0) is 25.5 Å². The van der Waals surface area contributed by atoms with Gasteiger partial charge in [-0.15, -0.1) is 0 Å². The predicted octanol–water partition coefficient (Wildman–Crippen LogP) is 2.81. The summed E-state index contributed by atoms with van der Waals surface area (Å²) < 4.78 is 12.1. The summed E-state index contributed by atoms with van der Waals surface area (Å²) in [5.41, 5.74) is 2.07. The molecule has 8 heteroatoms. The number of nitrogens with one attached hydrogen (secondary N) is 1. The van der Waals surface area contributed by atoms with E-state index < -0.39 is 0 Å². The van der Waals surface area contributed by atoms with E-state index in [9.17, 15) is 9.59 Å². The first-order chi connectivity index (χ1) is 13.0. The molecule has 1 aromatic heterocycles. The van der Waals surface area contributed by atoms with Crippen LogP contribution in [0, 0.1) is 6.92 Å². The second-order valence-electron chi connectivity index (χ2n) is 6.27. The van der Waals surface area contributed by atoms with Crippen LogP contribution in [0.1, 0.15) is 30.6 Å². The lowest BCUT2D eigenvalue weighted by molar-refractivity contribution is -0.116. The Labute approximate surface area is 162 Å². The van der Waals surface area contributed by atoms with Gasteiger partial charge in [0.2, 0.25) is 5.91 Å². The second kappa shape index (κ2) is 8.04. The molecule has 0 aliphatic carbocycles. The summed E-state index contributed by atoms with van der Waals surface area (Å²) in [4.78, 5) is 29.8. The van der Waals surface area contributed by atoms with Crippen molar-refractivity contribution in [2.24, 2.45) is 0 Å². The van der Waals surface area contributed by atoms with Gasteiger partial charge < -0.3 is 14.8 Å².